The zero-order valence-corrected chi connectivity index (χ0v) is 11.6. The minimum atomic E-state index is 0.409. The van der Waals surface area contributed by atoms with E-state index in [0.29, 0.717) is 12.0 Å². The van der Waals surface area contributed by atoms with Gasteiger partial charge in [-0.3, -0.25) is 0 Å². The molecule has 1 saturated carbocycles. The summed E-state index contributed by atoms with van der Waals surface area (Å²) < 4.78 is 5.44. The predicted octanol–water partition coefficient (Wildman–Crippen LogP) is 4.56. The molecule has 0 heterocycles. The van der Waals surface area contributed by atoms with Gasteiger partial charge in [0.1, 0.15) is 0 Å². The van der Waals surface area contributed by atoms with E-state index in [1.165, 1.54) is 57.8 Å². The van der Waals surface area contributed by atoms with Crippen LogP contribution in [0.4, 0.5) is 0 Å². The molecular weight excluding hydrogens is 208 g/mol. The molecule has 1 nitrogen and oxygen atoms in total. The van der Waals surface area contributed by atoms with E-state index in [1.54, 1.807) is 0 Å². The van der Waals surface area contributed by atoms with Crippen LogP contribution in [-0.4, -0.2) is 13.2 Å². The molecule has 0 bridgehead atoms. The second kappa shape index (κ2) is 9.54. The normalized spacial score (nSPS) is 23.4. The van der Waals surface area contributed by atoms with Crippen LogP contribution < -0.4 is 0 Å². The Bertz CT molecular complexity index is 236. The molecule has 2 unspecified atom stereocenters. The molecule has 0 saturated heterocycles. The Morgan fingerprint density at radius 2 is 1.82 bits per heavy atom. The summed E-state index contributed by atoms with van der Waals surface area (Å²) in [5.41, 5.74) is 0. The first-order valence-corrected chi connectivity index (χ1v) is 7.39. The smallest absolute Gasteiger partial charge is 0.0708 e. The van der Waals surface area contributed by atoms with Crippen molar-refractivity contribution in [3.63, 3.8) is 0 Å². The monoisotopic (exact) mass is 236 g/mol. The van der Waals surface area contributed by atoms with Crippen molar-refractivity contribution in [1.82, 2.24) is 0 Å². The van der Waals surface area contributed by atoms with Crippen LogP contribution in [0.2, 0.25) is 0 Å². The molecule has 1 aliphatic rings. The summed E-state index contributed by atoms with van der Waals surface area (Å²) in [6, 6.07) is 0. The molecule has 0 aromatic heterocycles. The third-order valence-corrected chi connectivity index (χ3v) is 3.70. The Kier molecular flexibility index (Phi) is 8.18. The van der Waals surface area contributed by atoms with Gasteiger partial charge in [0.15, 0.2) is 0 Å². The first-order valence-electron chi connectivity index (χ1n) is 7.39. The molecule has 2 atom stereocenters. The van der Waals surface area contributed by atoms with Crippen LogP contribution in [0.5, 0.6) is 0 Å². The van der Waals surface area contributed by atoms with E-state index in [4.69, 9.17) is 4.74 Å². The lowest BCUT2D eigenvalue weighted by molar-refractivity contribution is 0.0888. The molecule has 0 N–H and O–H groups in total. The molecule has 0 aromatic rings. The van der Waals surface area contributed by atoms with Gasteiger partial charge in [0.2, 0.25) is 0 Å². The molecule has 17 heavy (non-hydrogen) atoms. The molecule has 1 rings (SSSR count). The summed E-state index contributed by atoms with van der Waals surface area (Å²) in [6.45, 7) is 2.26. The number of methoxy groups -OCH3 is 1. The Balaban J connectivity index is 2.02. The molecule has 0 aliphatic heterocycles. The van der Waals surface area contributed by atoms with Gasteiger partial charge < -0.3 is 4.74 Å². The molecule has 1 aliphatic carbocycles. The van der Waals surface area contributed by atoms with Crippen LogP contribution in [0, 0.1) is 17.8 Å². The Hall–Kier alpha value is -0.480. The standard InChI is InChI=1S/C16H28O/c1-3-4-5-6-7-8-9-10-12-15-13-11-14-16(15)17-2/h15-16H,3-9,11,13-14H2,1-2H3. The average molecular weight is 236 g/mol. The lowest BCUT2D eigenvalue weighted by Crippen LogP contribution is -2.14. The SMILES string of the molecule is CCCCCCCCC#CC1CCCC1OC. The maximum absolute atomic E-state index is 5.44. The van der Waals surface area contributed by atoms with Gasteiger partial charge in [0.05, 0.1) is 6.10 Å². The quantitative estimate of drug-likeness (QED) is 0.465. The molecule has 1 heteroatoms. The van der Waals surface area contributed by atoms with E-state index in [2.05, 4.69) is 18.8 Å². The van der Waals surface area contributed by atoms with Crippen LogP contribution in [0.25, 0.3) is 0 Å². The van der Waals surface area contributed by atoms with Crippen molar-refractivity contribution < 1.29 is 4.74 Å². The van der Waals surface area contributed by atoms with Gasteiger partial charge in [-0.25, -0.2) is 0 Å². The third kappa shape index (κ3) is 6.13. The first kappa shape index (κ1) is 14.6. The Labute approximate surface area is 107 Å². The summed E-state index contributed by atoms with van der Waals surface area (Å²) in [7, 11) is 1.82. The van der Waals surface area contributed by atoms with Crippen LogP contribution in [0.3, 0.4) is 0 Å². The number of unbranched alkanes of at least 4 members (excludes halogenated alkanes) is 6. The van der Waals surface area contributed by atoms with Gasteiger partial charge >= 0.3 is 0 Å². The summed E-state index contributed by atoms with van der Waals surface area (Å²) in [6.07, 6.45) is 13.4. The van der Waals surface area contributed by atoms with Crippen LogP contribution in [0.15, 0.2) is 0 Å². The maximum atomic E-state index is 5.44. The number of ether oxygens (including phenoxy) is 1. The Morgan fingerprint density at radius 1 is 1.06 bits per heavy atom. The molecule has 0 spiro atoms. The van der Waals surface area contributed by atoms with E-state index >= 15 is 0 Å². The van der Waals surface area contributed by atoms with Crippen molar-refractivity contribution in [2.75, 3.05) is 7.11 Å². The van der Waals surface area contributed by atoms with Crippen molar-refractivity contribution in [3.05, 3.63) is 0 Å². The minimum Gasteiger partial charge on any atom is -0.380 e. The summed E-state index contributed by atoms with van der Waals surface area (Å²) in [5.74, 6) is 7.28. The maximum Gasteiger partial charge on any atom is 0.0708 e. The third-order valence-electron chi connectivity index (χ3n) is 3.70. The van der Waals surface area contributed by atoms with Crippen molar-refractivity contribution in [2.45, 2.75) is 77.2 Å². The molecule has 0 amide bonds. The largest absolute Gasteiger partial charge is 0.380 e. The second-order valence-electron chi connectivity index (χ2n) is 5.15. The highest BCUT2D eigenvalue weighted by Gasteiger charge is 2.24. The van der Waals surface area contributed by atoms with Gasteiger partial charge in [0, 0.05) is 19.4 Å². The van der Waals surface area contributed by atoms with Crippen LogP contribution >= 0.6 is 0 Å². The van der Waals surface area contributed by atoms with Crippen LogP contribution in [-0.2, 0) is 4.74 Å². The van der Waals surface area contributed by atoms with Gasteiger partial charge in [-0.15, -0.1) is 5.92 Å². The number of rotatable bonds is 7. The molecule has 1 fully saturated rings. The zero-order chi connectivity index (χ0) is 12.3. The fraction of sp³-hybridized carbons (Fsp3) is 0.875. The second-order valence-corrected chi connectivity index (χ2v) is 5.15. The summed E-state index contributed by atoms with van der Waals surface area (Å²) in [5, 5.41) is 0. The molecular formula is C16H28O. The van der Waals surface area contributed by atoms with Crippen molar-refractivity contribution >= 4 is 0 Å². The van der Waals surface area contributed by atoms with E-state index in [1.807, 2.05) is 7.11 Å². The van der Waals surface area contributed by atoms with Gasteiger partial charge in [-0.2, -0.15) is 0 Å². The van der Waals surface area contributed by atoms with E-state index in [9.17, 15) is 0 Å². The van der Waals surface area contributed by atoms with E-state index in [0.717, 1.165) is 6.42 Å². The minimum absolute atomic E-state index is 0.409. The van der Waals surface area contributed by atoms with Crippen LogP contribution in [0.1, 0.15) is 71.1 Å². The predicted molar refractivity (Wildman–Crippen MR) is 73.9 cm³/mol. The average Bonchev–Trinajstić information content (AvgIpc) is 2.80. The molecule has 0 aromatic carbocycles. The Morgan fingerprint density at radius 3 is 2.59 bits per heavy atom. The van der Waals surface area contributed by atoms with Gasteiger partial charge in [-0.1, -0.05) is 44.9 Å². The summed E-state index contributed by atoms with van der Waals surface area (Å²) >= 11 is 0. The highest BCUT2D eigenvalue weighted by molar-refractivity contribution is 5.07. The van der Waals surface area contributed by atoms with Crippen molar-refractivity contribution in [1.29, 1.82) is 0 Å². The lowest BCUT2D eigenvalue weighted by atomic mass is 10.1. The van der Waals surface area contributed by atoms with Gasteiger partial charge in [-0.05, 0) is 25.7 Å². The van der Waals surface area contributed by atoms with Crippen molar-refractivity contribution in [3.8, 4) is 11.8 Å². The molecule has 98 valence electrons. The fourth-order valence-corrected chi connectivity index (χ4v) is 2.57. The topological polar surface area (TPSA) is 9.23 Å². The zero-order valence-electron chi connectivity index (χ0n) is 11.6. The molecule has 0 radical (unpaired) electrons. The highest BCUT2D eigenvalue weighted by Crippen LogP contribution is 2.27. The van der Waals surface area contributed by atoms with E-state index < -0.39 is 0 Å². The number of hydrogen-bond donors (Lipinski definition) is 0. The first-order chi connectivity index (χ1) is 8.38. The van der Waals surface area contributed by atoms with Gasteiger partial charge in [0.25, 0.3) is 0 Å². The van der Waals surface area contributed by atoms with Crippen molar-refractivity contribution in [2.24, 2.45) is 5.92 Å². The lowest BCUT2D eigenvalue weighted by Gasteiger charge is -2.11. The number of hydrogen-bond acceptors (Lipinski definition) is 1. The fourth-order valence-electron chi connectivity index (χ4n) is 2.57. The summed E-state index contributed by atoms with van der Waals surface area (Å²) in [4.78, 5) is 0. The van der Waals surface area contributed by atoms with E-state index in [-0.39, 0.29) is 0 Å². The highest BCUT2D eigenvalue weighted by atomic mass is 16.5.